The Bertz CT molecular complexity index is 420. The van der Waals surface area contributed by atoms with Crippen molar-refractivity contribution in [3.63, 3.8) is 0 Å². The van der Waals surface area contributed by atoms with E-state index in [1.54, 1.807) is 11.9 Å². The molecule has 0 fully saturated rings. The van der Waals surface area contributed by atoms with Crippen LogP contribution in [0.3, 0.4) is 0 Å². The van der Waals surface area contributed by atoms with E-state index in [4.69, 9.17) is 11.1 Å². The predicted octanol–water partition coefficient (Wildman–Crippen LogP) is 1.58. The van der Waals surface area contributed by atoms with Crippen LogP contribution in [0, 0.1) is 12.3 Å². The number of thioether (sulfide) groups is 1. The minimum absolute atomic E-state index is 0.0200. The average molecular weight is 251 g/mol. The Hall–Kier alpha value is -1.49. The lowest BCUT2D eigenvalue weighted by Gasteiger charge is -2.18. The Morgan fingerprint density at radius 2 is 2.12 bits per heavy atom. The molecule has 1 aromatic rings. The zero-order valence-electron chi connectivity index (χ0n) is 10.1. The normalized spacial score (nSPS) is 10.0. The summed E-state index contributed by atoms with van der Waals surface area (Å²) >= 11 is 1.05. The molecule has 1 amide bonds. The van der Waals surface area contributed by atoms with Crippen molar-refractivity contribution in [2.45, 2.75) is 13.5 Å². The molecule has 0 aromatic heterocycles. The molecular formula is C12H17N3OS. The third-order valence-corrected chi connectivity index (χ3v) is 3.15. The Morgan fingerprint density at radius 1 is 1.47 bits per heavy atom. The molecule has 0 heterocycles. The number of rotatable bonds is 4. The molecule has 0 aliphatic carbocycles. The van der Waals surface area contributed by atoms with Gasteiger partial charge in [-0.15, -0.1) is 0 Å². The minimum atomic E-state index is -0.0253. The summed E-state index contributed by atoms with van der Waals surface area (Å²) in [7, 11) is 1.76. The van der Waals surface area contributed by atoms with Crippen molar-refractivity contribution in [1.82, 2.24) is 4.90 Å². The lowest BCUT2D eigenvalue weighted by atomic mass is 10.1. The van der Waals surface area contributed by atoms with E-state index in [1.165, 1.54) is 5.56 Å². The smallest absolute Gasteiger partial charge is 0.233 e. The van der Waals surface area contributed by atoms with Gasteiger partial charge in [0, 0.05) is 13.6 Å². The van der Waals surface area contributed by atoms with Crippen molar-refractivity contribution < 1.29 is 4.79 Å². The van der Waals surface area contributed by atoms with E-state index in [-0.39, 0.29) is 16.8 Å². The molecule has 0 aliphatic heterocycles. The molecule has 92 valence electrons. The first-order chi connectivity index (χ1) is 8.00. The van der Waals surface area contributed by atoms with E-state index in [9.17, 15) is 4.79 Å². The fourth-order valence-electron chi connectivity index (χ4n) is 1.38. The molecule has 0 saturated heterocycles. The van der Waals surface area contributed by atoms with Crippen LogP contribution in [0.4, 0.5) is 0 Å². The number of nitrogens with two attached hydrogens (primary N) is 1. The third-order valence-electron chi connectivity index (χ3n) is 2.45. The van der Waals surface area contributed by atoms with Gasteiger partial charge < -0.3 is 10.6 Å². The standard InChI is InChI=1S/C12H17N3OS/c1-9-5-3-4-6-10(9)7-15(2)11(16)8-17-12(13)14/h3-6H,7-8H2,1-2H3,(H3,13,14). The summed E-state index contributed by atoms with van der Waals surface area (Å²) in [5.41, 5.74) is 7.50. The van der Waals surface area contributed by atoms with Gasteiger partial charge in [-0.2, -0.15) is 0 Å². The van der Waals surface area contributed by atoms with Crippen LogP contribution in [0.15, 0.2) is 24.3 Å². The van der Waals surface area contributed by atoms with Gasteiger partial charge in [0.2, 0.25) is 5.91 Å². The molecule has 0 saturated carbocycles. The van der Waals surface area contributed by atoms with Crippen molar-refractivity contribution in [3.8, 4) is 0 Å². The van der Waals surface area contributed by atoms with Gasteiger partial charge in [-0.1, -0.05) is 36.0 Å². The van der Waals surface area contributed by atoms with Crippen LogP contribution < -0.4 is 5.73 Å². The SMILES string of the molecule is Cc1ccccc1CN(C)C(=O)CSC(=N)N. The van der Waals surface area contributed by atoms with E-state index < -0.39 is 0 Å². The number of carbonyl (C=O) groups is 1. The van der Waals surface area contributed by atoms with E-state index in [1.807, 2.05) is 31.2 Å². The van der Waals surface area contributed by atoms with Crippen molar-refractivity contribution in [1.29, 1.82) is 5.41 Å². The molecule has 4 nitrogen and oxygen atoms in total. The number of hydrogen-bond acceptors (Lipinski definition) is 3. The summed E-state index contributed by atoms with van der Waals surface area (Å²) in [6, 6.07) is 7.98. The Labute approximate surface area is 106 Å². The largest absolute Gasteiger partial charge is 0.379 e. The Kier molecular flexibility index (Phi) is 5.03. The molecule has 1 rings (SSSR count). The van der Waals surface area contributed by atoms with Crippen molar-refractivity contribution in [3.05, 3.63) is 35.4 Å². The first kappa shape index (κ1) is 13.6. The first-order valence-electron chi connectivity index (χ1n) is 5.26. The quantitative estimate of drug-likeness (QED) is 0.630. The average Bonchev–Trinajstić information content (AvgIpc) is 2.28. The van der Waals surface area contributed by atoms with E-state index in [0.29, 0.717) is 6.54 Å². The second kappa shape index (κ2) is 6.30. The van der Waals surface area contributed by atoms with Crippen LogP contribution in [0.25, 0.3) is 0 Å². The molecule has 17 heavy (non-hydrogen) atoms. The second-order valence-electron chi connectivity index (χ2n) is 3.83. The zero-order valence-corrected chi connectivity index (χ0v) is 10.9. The number of carbonyl (C=O) groups excluding carboxylic acids is 1. The number of hydrogen-bond donors (Lipinski definition) is 2. The number of amidine groups is 1. The predicted molar refractivity (Wildman–Crippen MR) is 72.0 cm³/mol. The van der Waals surface area contributed by atoms with Gasteiger partial charge in [0.25, 0.3) is 0 Å². The van der Waals surface area contributed by atoms with Gasteiger partial charge in [-0.25, -0.2) is 0 Å². The maximum atomic E-state index is 11.7. The van der Waals surface area contributed by atoms with Gasteiger partial charge in [-0.05, 0) is 18.1 Å². The highest BCUT2D eigenvalue weighted by Gasteiger charge is 2.10. The minimum Gasteiger partial charge on any atom is -0.379 e. The lowest BCUT2D eigenvalue weighted by molar-refractivity contribution is -0.127. The summed E-state index contributed by atoms with van der Waals surface area (Å²) in [6.07, 6.45) is 0. The molecule has 0 bridgehead atoms. The summed E-state index contributed by atoms with van der Waals surface area (Å²) in [6.45, 7) is 2.61. The Balaban J connectivity index is 2.54. The van der Waals surface area contributed by atoms with Crippen molar-refractivity contribution in [2.24, 2.45) is 5.73 Å². The summed E-state index contributed by atoms with van der Waals surface area (Å²) in [5.74, 6) is 0.200. The number of aryl methyl sites for hydroxylation is 1. The number of benzene rings is 1. The van der Waals surface area contributed by atoms with Gasteiger partial charge in [0.15, 0.2) is 5.17 Å². The summed E-state index contributed by atoms with van der Waals surface area (Å²) in [4.78, 5) is 13.4. The topological polar surface area (TPSA) is 70.2 Å². The van der Waals surface area contributed by atoms with Crippen LogP contribution in [-0.2, 0) is 11.3 Å². The number of nitrogens with one attached hydrogen (secondary N) is 1. The Morgan fingerprint density at radius 3 is 2.71 bits per heavy atom. The fraction of sp³-hybridized carbons (Fsp3) is 0.333. The maximum absolute atomic E-state index is 11.7. The number of nitrogens with zero attached hydrogens (tertiary/aromatic N) is 1. The summed E-state index contributed by atoms with van der Waals surface area (Å²) in [5, 5.41) is 7.03. The highest BCUT2D eigenvalue weighted by Crippen LogP contribution is 2.10. The van der Waals surface area contributed by atoms with Crippen LogP contribution in [0.1, 0.15) is 11.1 Å². The zero-order chi connectivity index (χ0) is 12.8. The van der Waals surface area contributed by atoms with Gasteiger partial charge >= 0.3 is 0 Å². The molecule has 0 spiro atoms. The first-order valence-corrected chi connectivity index (χ1v) is 6.24. The van der Waals surface area contributed by atoms with Crippen LogP contribution in [0.5, 0.6) is 0 Å². The van der Waals surface area contributed by atoms with Gasteiger partial charge in [0.1, 0.15) is 0 Å². The lowest BCUT2D eigenvalue weighted by Crippen LogP contribution is -2.29. The molecule has 1 aromatic carbocycles. The van der Waals surface area contributed by atoms with Gasteiger partial charge in [-0.3, -0.25) is 10.2 Å². The molecular weight excluding hydrogens is 234 g/mol. The molecule has 0 radical (unpaired) electrons. The third kappa shape index (κ3) is 4.48. The maximum Gasteiger partial charge on any atom is 0.233 e. The van der Waals surface area contributed by atoms with Gasteiger partial charge in [0.05, 0.1) is 5.75 Å². The second-order valence-corrected chi connectivity index (χ2v) is 4.85. The monoisotopic (exact) mass is 251 g/mol. The highest BCUT2D eigenvalue weighted by molar-refractivity contribution is 8.14. The van der Waals surface area contributed by atoms with E-state index in [0.717, 1.165) is 17.3 Å². The van der Waals surface area contributed by atoms with E-state index in [2.05, 4.69) is 0 Å². The number of amides is 1. The molecule has 0 atom stereocenters. The summed E-state index contributed by atoms with van der Waals surface area (Å²) < 4.78 is 0. The van der Waals surface area contributed by atoms with Crippen LogP contribution >= 0.6 is 11.8 Å². The fourth-order valence-corrected chi connectivity index (χ4v) is 1.88. The molecule has 0 aliphatic rings. The van der Waals surface area contributed by atoms with Crippen LogP contribution in [-0.4, -0.2) is 28.8 Å². The molecule has 3 N–H and O–H groups in total. The van der Waals surface area contributed by atoms with Crippen molar-refractivity contribution in [2.75, 3.05) is 12.8 Å². The molecule has 0 unspecified atom stereocenters. The highest BCUT2D eigenvalue weighted by atomic mass is 32.2. The van der Waals surface area contributed by atoms with Crippen molar-refractivity contribution >= 4 is 22.8 Å². The molecule has 5 heteroatoms. The van der Waals surface area contributed by atoms with E-state index >= 15 is 0 Å². The van der Waals surface area contributed by atoms with Crippen LogP contribution in [0.2, 0.25) is 0 Å².